The fourth-order valence-corrected chi connectivity index (χ4v) is 4.06. The molecular weight excluding hydrogens is 579 g/mol. The summed E-state index contributed by atoms with van der Waals surface area (Å²) in [6, 6.07) is 8.92. The topological polar surface area (TPSA) is 109 Å². The van der Waals surface area contributed by atoms with Crippen LogP contribution in [0.4, 0.5) is 0 Å². The van der Waals surface area contributed by atoms with Gasteiger partial charge < -0.3 is 15.2 Å². The van der Waals surface area contributed by atoms with Crippen LogP contribution in [0.15, 0.2) is 44.7 Å². The zero-order valence-electron chi connectivity index (χ0n) is 16.9. The maximum atomic E-state index is 13.1. The molecule has 0 aliphatic carbocycles. The van der Waals surface area contributed by atoms with Crippen molar-refractivity contribution in [1.29, 1.82) is 0 Å². The fourth-order valence-electron chi connectivity index (χ4n) is 2.92. The largest absolute Gasteiger partial charge is 0.493 e. The summed E-state index contributed by atoms with van der Waals surface area (Å²) < 4.78 is 13.7. The van der Waals surface area contributed by atoms with E-state index in [0.29, 0.717) is 43.8 Å². The van der Waals surface area contributed by atoms with Crippen molar-refractivity contribution in [2.24, 2.45) is 10.8 Å². The SMILES string of the molecule is CCCc1nc2ccc(Br)cc2c(=O)n1N=Cc1cc(I)c(OCC(N)=O)c(OC)c1. The van der Waals surface area contributed by atoms with Crippen molar-refractivity contribution in [3.8, 4) is 11.5 Å². The Morgan fingerprint density at radius 1 is 1.35 bits per heavy atom. The van der Waals surface area contributed by atoms with Crippen LogP contribution in [0.3, 0.4) is 0 Å². The lowest BCUT2D eigenvalue weighted by Crippen LogP contribution is -2.22. The smallest absolute Gasteiger partial charge is 0.282 e. The number of hydrogen-bond acceptors (Lipinski definition) is 6. The Morgan fingerprint density at radius 2 is 2.13 bits per heavy atom. The first-order valence-corrected chi connectivity index (χ1v) is 11.3. The number of ether oxygens (including phenoxy) is 2. The van der Waals surface area contributed by atoms with Crippen LogP contribution in [-0.2, 0) is 11.2 Å². The summed E-state index contributed by atoms with van der Waals surface area (Å²) in [5.41, 5.74) is 6.24. The van der Waals surface area contributed by atoms with Gasteiger partial charge in [0.25, 0.3) is 11.5 Å². The molecule has 0 spiro atoms. The fraction of sp³-hybridized carbons (Fsp3) is 0.238. The van der Waals surface area contributed by atoms with Crippen LogP contribution in [0.25, 0.3) is 10.9 Å². The Labute approximate surface area is 200 Å². The van der Waals surface area contributed by atoms with Crippen molar-refractivity contribution in [2.75, 3.05) is 13.7 Å². The molecule has 0 aliphatic heterocycles. The van der Waals surface area contributed by atoms with Gasteiger partial charge in [-0.2, -0.15) is 9.78 Å². The molecule has 0 aliphatic rings. The first kappa shape index (κ1) is 23.2. The first-order valence-electron chi connectivity index (χ1n) is 9.38. The molecule has 31 heavy (non-hydrogen) atoms. The van der Waals surface area contributed by atoms with Gasteiger partial charge >= 0.3 is 0 Å². The van der Waals surface area contributed by atoms with Gasteiger partial charge in [-0.15, -0.1) is 0 Å². The number of benzene rings is 2. The maximum absolute atomic E-state index is 13.1. The molecule has 3 aromatic rings. The van der Waals surface area contributed by atoms with E-state index < -0.39 is 5.91 Å². The first-order chi connectivity index (χ1) is 14.8. The van der Waals surface area contributed by atoms with E-state index in [1.54, 1.807) is 24.4 Å². The van der Waals surface area contributed by atoms with Crippen molar-refractivity contribution in [3.63, 3.8) is 0 Å². The number of carbonyl (C=O) groups is 1. The number of carbonyl (C=O) groups excluding carboxylic acids is 1. The average molecular weight is 599 g/mol. The lowest BCUT2D eigenvalue weighted by Gasteiger charge is -2.12. The number of primary amides is 1. The quantitative estimate of drug-likeness (QED) is 0.315. The van der Waals surface area contributed by atoms with Crippen LogP contribution >= 0.6 is 38.5 Å². The van der Waals surface area contributed by atoms with E-state index in [0.717, 1.165) is 10.9 Å². The molecule has 1 aromatic heterocycles. The Morgan fingerprint density at radius 3 is 2.81 bits per heavy atom. The second kappa shape index (κ2) is 10.2. The van der Waals surface area contributed by atoms with E-state index in [1.807, 2.05) is 19.1 Å². The van der Waals surface area contributed by atoms with Gasteiger partial charge in [-0.3, -0.25) is 9.59 Å². The third kappa shape index (κ3) is 5.42. The van der Waals surface area contributed by atoms with Gasteiger partial charge in [-0.1, -0.05) is 22.9 Å². The molecular formula is C21H20BrIN4O4. The van der Waals surface area contributed by atoms with Crippen molar-refractivity contribution in [2.45, 2.75) is 19.8 Å². The molecule has 0 saturated heterocycles. The molecule has 2 N–H and O–H groups in total. The van der Waals surface area contributed by atoms with Gasteiger partial charge in [-0.25, -0.2) is 4.98 Å². The van der Waals surface area contributed by atoms with E-state index in [-0.39, 0.29) is 12.2 Å². The second-order valence-corrected chi connectivity index (χ2v) is 8.67. The van der Waals surface area contributed by atoms with Crippen molar-refractivity contribution >= 4 is 61.5 Å². The third-order valence-electron chi connectivity index (χ3n) is 4.28. The Hall–Kier alpha value is -2.47. The predicted molar refractivity (Wildman–Crippen MR) is 131 cm³/mol. The summed E-state index contributed by atoms with van der Waals surface area (Å²) in [6.07, 6.45) is 3.00. The molecule has 0 fully saturated rings. The van der Waals surface area contributed by atoms with Crippen LogP contribution < -0.4 is 20.8 Å². The van der Waals surface area contributed by atoms with Crippen molar-refractivity contribution < 1.29 is 14.3 Å². The van der Waals surface area contributed by atoms with Crippen LogP contribution in [0.1, 0.15) is 24.7 Å². The minimum absolute atomic E-state index is 0.242. The van der Waals surface area contributed by atoms with Gasteiger partial charge in [0.15, 0.2) is 18.1 Å². The molecule has 10 heteroatoms. The number of methoxy groups -OCH3 is 1. The summed E-state index contributed by atoms with van der Waals surface area (Å²) in [4.78, 5) is 28.7. The van der Waals surface area contributed by atoms with Crippen molar-refractivity contribution in [3.05, 3.63) is 60.1 Å². The van der Waals surface area contributed by atoms with Gasteiger partial charge in [0.2, 0.25) is 0 Å². The number of halogens is 2. The molecule has 2 aromatic carbocycles. The van der Waals surface area contributed by atoms with Gasteiger partial charge in [0.1, 0.15) is 5.82 Å². The minimum Gasteiger partial charge on any atom is -0.493 e. The van der Waals surface area contributed by atoms with Crippen LogP contribution in [0.2, 0.25) is 0 Å². The molecule has 0 atom stereocenters. The molecule has 1 heterocycles. The van der Waals surface area contributed by atoms with Gasteiger partial charge in [0.05, 0.1) is 27.8 Å². The zero-order valence-corrected chi connectivity index (χ0v) is 20.6. The zero-order chi connectivity index (χ0) is 22.5. The number of fused-ring (bicyclic) bond motifs is 1. The highest BCUT2D eigenvalue weighted by Gasteiger charge is 2.13. The van der Waals surface area contributed by atoms with Crippen LogP contribution in [0.5, 0.6) is 11.5 Å². The lowest BCUT2D eigenvalue weighted by molar-refractivity contribution is -0.119. The molecule has 3 rings (SSSR count). The van der Waals surface area contributed by atoms with Gasteiger partial charge in [0, 0.05) is 10.9 Å². The van der Waals surface area contributed by atoms with Crippen molar-refractivity contribution in [1.82, 2.24) is 9.66 Å². The molecule has 0 bridgehead atoms. The van der Waals surface area contributed by atoms with E-state index >= 15 is 0 Å². The van der Waals surface area contributed by atoms with E-state index in [9.17, 15) is 9.59 Å². The Balaban J connectivity index is 2.05. The van der Waals surface area contributed by atoms with Gasteiger partial charge in [-0.05, 0) is 64.9 Å². The van der Waals surface area contributed by atoms with E-state index in [1.165, 1.54) is 11.8 Å². The molecule has 8 nitrogen and oxygen atoms in total. The van der Waals surface area contributed by atoms with Crippen LogP contribution in [0, 0.1) is 3.57 Å². The summed E-state index contributed by atoms with van der Waals surface area (Å²) in [5.74, 6) is 0.847. The highest BCUT2D eigenvalue weighted by Crippen LogP contribution is 2.33. The Kier molecular flexibility index (Phi) is 7.65. The monoisotopic (exact) mass is 598 g/mol. The molecule has 0 saturated carbocycles. The minimum atomic E-state index is -0.582. The number of nitrogens with zero attached hydrogens (tertiary/aromatic N) is 3. The number of aromatic nitrogens is 2. The number of rotatable bonds is 8. The number of nitrogens with two attached hydrogens (primary N) is 1. The summed E-state index contributed by atoms with van der Waals surface area (Å²) in [5, 5.41) is 4.90. The molecule has 1 amide bonds. The predicted octanol–water partition coefficient (Wildman–Crippen LogP) is 3.47. The molecule has 0 radical (unpaired) electrons. The maximum Gasteiger partial charge on any atom is 0.282 e. The normalized spacial score (nSPS) is 11.2. The summed E-state index contributed by atoms with van der Waals surface area (Å²) in [6.45, 7) is 1.76. The summed E-state index contributed by atoms with van der Waals surface area (Å²) in [7, 11) is 1.50. The third-order valence-corrected chi connectivity index (χ3v) is 5.58. The van der Waals surface area contributed by atoms with E-state index in [2.05, 4.69) is 48.6 Å². The standard InChI is InChI=1S/C21H20BrIN4O4/c1-3-4-19-26-16-6-5-13(22)9-14(16)21(29)27(19)25-10-12-7-15(23)20(17(8-12)30-2)31-11-18(24)28/h5-10H,3-4,11H2,1-2H3,(H2,24,28). The number of amides is 1. The molecule has 0 unspecified atom stereocenters. The van der Waals surface area contributed by atoms with Crippen LogP contribution in [-0.4, -0.2) is 35.5 Å². The lowest BCUT2D eigenvalue weighted by atomic mass is 10.2. The van der Waals surface area contributed by atoms with E-state index in [4.69, 9.17) is 15.2 Å². The second-order valence-electron chi connectivity index (χ2n) is 6.59. The number of aryl methyl sites for hydroxylation is 1. The summed E-state index contributed by atoms with van der Waals surface area (Å²) >= 11 is 5.47. The Bertz CT molecular complexity index is 1230. The highest BCUT2D eigenvalue weighted by molar-refractivity contribution is 14.1. The molecule has 162 valence electrons. The number of hydrogen-bond donors (Lipinski definition) is 1. The highest BCUT2D eigenvalue weighted by atomic mass is 127. The average Bonchev–Trinajstić information content (AvgIpc) is 2.73.